The van der Waals surface area contributed by atoms with Crippen LogP contribution in [0.1, 0.15) is 12.8 Å². The van der Waals surface area contributed by atoms with E-state index in [0.29, 0.717) is 17.3 Å². The van der Waals surface area contributed by atoms with Gasteiger partial charge >= 0.3 is 0 Å². The zero-order chi connectivity index (χ0) is 12.3. The minimum Gasteiger partial charge on any atom is -0.506 e. The lowest BCUT2D eigenvalue weighted by atomic mass is 9.99. The molecule has 17 heavy (non-hydrogen) atoms. The van der Waals surface area contributed by atoms with Crippen LogP contribution in [0.25, 0.3) is 0 Å². The third-order valence-corrected chi connectivity index (χ3v) is 3.12. The van der Waals surface area contributed by atoms with Gasteiger partial charge in [-0.3, -0.25) is 4.79 Å². The van der Waals surface area contributed by atoms with Gasteiger partial charge in [0.15, 0.2) is 0 Å². The topological polar surface area (TPSA) is 61.4 Å². The highest BCUT2D eigenvalue weighted by Crippen LogP contribution is 2.27. The Hall–Kier alpha value is -1.26. The number of hydrogen-bond donors (Lipinski definition) is 3. The maximum atomic E-state index is 11.9. The number of nitrogens with one attached hydrogen (secondary N) is 2. The fourth-order valence-corrected chi connectivity index (χ4v) is 2.09. The largest absolute Gasteiger partial charge is 0.506 e. The van der Waals surface area contributed by atoms with E-state index >= 15 is 0 Å². The number of hydrogen-bond acceptors (Lipinski definition) is 3. The van der Waals surface area contributed by atoms with Crippen molar-refractivity contribution in [3.63, 3.8) is 0 Å². The van der Waals surface area contributed by atoms with Crippen LogP contribution >= 0.6 is 11.6 Å². The Bertz CT molecular complexity index is 417. The van der Waals surface area contributed by atoms with Gasteiger partial charge in [0.05, 0.1) is 11.6 Å². The number of anilines is 1. The van der Waals surface area contributed by atoms with E-state index in [2.05, 4.69) is 10.6 Å². The Morgan fingerprint density at radius 1 is 1.53 bits per heavy atom. The van der Waals surface area contributed by atoms with Crippen molar-refractivity contribution in [1.29, 1.82) is 0 Å². The summed E-state index contributed by atoms with van der Waals surface area (Å²) >= 11 is 5.81. The summed E-state index contributed by atoms with van der Waals surface area (Å²) in [7, 11) is 0. The highest BCUT2D eigenvalue weighted by molar-refractivity contribution is 6.31. The van der Waals surface area contributed by atoms with Crippen LogP contribution in [-0.4, -0.2) is 24.1 Å². The molecule has 1 aromatic rings. The van der Waals surface area contributed by atoms with Crippen molar-refractivity contribution in [1.82, 2.24) is 5.32 Å². The molecule has 1 fully saturated rings. The standard InChI is InChI=1S/C12H15ClN2O2/c13-9-3-4-11(16)10(6-9)15-12(17)8-2-1-5-14-7-8/h3-4,6,8,14,16H,1-2,5,7H2,(H,15,17). The predicted octanol–water partition coefficient (Wildman–Crippen LogP) is 1.98. The van der Waals surface area contributed by atoms with Crippen LogP contribution in [0.2, 0.25) is 5.02 Å². The summed E-state index contributed by atoms with van der Waals surface area (Å²) in [6.07, 6.45) is 1.87. The van der Waals surface area contributed by atoms with Gasteiger partial charge in [0.1, 0.15) is 5.75 Å². The first kappa shape index (κ1) is 12.2. The summed E-state index contributed by atoms with van der Waals surface area (Å²) in [6.45, 7) is 1.65. The van der Waals surface area contributed by atoms with Crippen molar-refractivity contribution in [3.05, 3.63) is 23.2 Å². The Labute approximate surface area is 105 Å². The molecule has 3 N–H and O–H groups in total. The summed E-state index contributed by atoms with van der Waals surface area (Å²) in [4.78, 5) is 11.9. The van der Waals surface area contributed by atoms with E-state index in [1.807, 2.05) is 0 Å². The van der Waals surface area contributed by atoms with Crippen molar-refractivity contribution >= 4 is 23.2 Å². The fourth-order valence-electron chi connectivity index (χ4n) is 1.92. The molecule has 1 aromatic carbocycles. The molecule has 5 heteroatoms. The van der Waals surface area contributed by atoms with Gasteiger partial charge in [-0.15, -0.1) is 0 Å². The summed E-state index contributed by atoms with van der Waals surface area (Å²) in [5.41, 5.74) is 0.369. The van der Waals surface area contributed by atoms with Gasteiger partial charge in [-0.05, 0) is 37.6 Å². The predicted molar refractivity (Wildman–Crippen MR) is 67.3 cm³/mol. The SMILES string of the molecule is O=C(Nc1cc(Cl)ccc1O)C1CCCNC1. The van der Waals surface area contributed by atoms with Crippen LogP contribution in [-0.2, 0) is 4.79 Å². The number of benzene rings is 1. The molecule has 0 bridgehead atoms. The van der Waals surface area contributed by atoms with Crippen molar-refractivity contribution in [2.75, 3.05) is 18.4 Å². The average Bonchev–Trinajstić information content (AvgIpc) is 2.35. The van der Waals surface area contributed by atoms with Crippen LogP contribution in [0.5, 0.6) is 5.75 Å². The van der Waals surface area contributed by atoms with E-state index in [1.54, 1.807) is 12.1 Å². The van der Waals surface area contributed by atoms with Crippen molar-refractivity contribution in [3.8, 4) is 5.75 Å². The zero-order valence-electron chi connectivity index (χ0n) is 9.37. The average molecular weight is 255 g/mol. The van der Waals surface area contributed by atoms with Gasteiger partial charge in [-0.25, -0.2) is 0 Å². The fraction of sp³-hybridized carbons (Fsp3) is 0.417. The van der Waals surface area contributed by atoms with Gasteiger partial charge in [0.2, 0.25) is 5.91 Å². The Balaban J connectivity index is 2.04. The highest BCUT2D eigenvalue weighted by atomic mass is 35.5. The van der Waals surface area contributed by atoms with Crippen molar-refractivity contribution in [2.24, 2.45) is 5.92 Å². The molecule has 0 radical (unpaired) electrons. The first-order valence-electron chi connectivity index (χ1n) is 5.67. The van der Waals surface area contributed by atoms with Crippen molar-refractivity contribution < 1.29 is 9.90 Å². The molecule has 1 heterocycles. The first-order chi connectivity index (χ1) is 8.16. The molecular formula is C12H15ClN2O2. The highest BCUT2D eigenvalue weighted by Gasteiger charge is 2.21. The maximum absolute atomic E-state index is 11.9. The van der Waals surface area contributed by atoms with Crippen LogP contribution in [0.4, 0.5) is 5.69 Å². The van der Waals surface area contributed by atoms with Gasteiger partial charge in [0, 0.05) is 11.6 Å². The van der Waals surface area contributed by atoms with Gasteiger partial charge in [-0.1, -0.05) is 11.6 Å². The van der Waals surface area contributed by atoms with Gasteiger partial charge in [0.25, 0.3) is 0 Å². The normalized spacial score (nSPS) is 19.9. The molecule has 1 atom stereocenters. The Kier molecular flexibility index (Phi) is 3.86. The molecule has 92 valence electrons. The molecule has 4 nitrogen and oxygen atoms in total. The molecular weight excluding hydrogens is 240 g/mol. The second-order valence-corrected chi connectivity index (χ2v) is 4.63. The quantitative estimate of drug-likeness (QED) is 0.708. The molecule has 0 saturated carbocycles. The lowest BCUT2D eigenvalue weighted by Gasteiger charge is -2.22. The number of carbonyl (C=O) groups is 1. The van der Waals surface area contributed by atoms with E-state index in [9.17, 15) is 9.90 Å². The minimum atomic E-state index is -0.0743. The summed E-state index contributed by atoms with van der Waals surface area (Å²) in [5.74, 6) is -0.0802. The summed E-state index contributed by atoms with van der Waals surface area (Å²) in [6, 6.07) is 4.59. The molecule has 1 aliphatic rings. The number of phenolic OH excluding ortho intramolecular Hbond substituents is 1. The van der Waals surface area contributed by atoms with E-state index in [-0.39, 0.29) is 17.6 Å². The Morgan fingerprint density at radius 3 is 3.06 bits per heavy atom. The second-order valence-electron chi connectivity index (χ2n) is 4.19. The number of halogens is 1. The Morgan fingerprint density at radius 2 is 2.35 bits per heavy atom. The molecule has 0 aromatic heterocycles. The van der Waals surface area contributed by atoms with Gasteiger partial charge in [-0.2, -0.15) is 0 Å². The number of piperidine rings is 1. The van der Waals surface area contributed by atoms with Crippen LogP contribution < -0.4 is 10.6 Å². The number of aromatic hydroxyl groups is 1. The smallest absolute Gasteiger partial charge is 0.228 e. The van der Waals surface area contributed by atoms with Crippen LogP contribution in [0.15, 0.2) is 18.2 Å². The number of rotatable bonds is 2. The van der Waals surface area contributed by atoms with Crippen LogP contribution in [0.3, 0.4) is 0 Å². The van der Waals surface area contributed by atoms with E-state index < -0.39 is 0 Å². The molecule has 1 amide bonds. The number of amides is 1. The number of carbonyl (C=O) groups excluding carboxylic acids is 1. The second kappa shape index (κ2) is 5.38. The monoisotopic (exact) mass is 254 g/mol. The number of phenols is 1. The molecule has 1 aliphatic heterocycles. The molecule has 0 spiro atoms. The van der Waals surface area contributed by atoms with E-state index in [0.717, 1.165) is 19.4 Å². The zero-order valence-corrected chi connectivity index (χ0v) is 10.1. The third kappa shape index (κ3) is 3.11. The van der Waals surface area contributed by atoms with Crippen molar-refractivity contribution in [2.45, 2.75) is 12.8 Å². The summed E-state index contributed by atoms with van der Waals surface area (Å²) < 4.78 is 0. The van der Waals surface area contributed by atoms with E-state index in [1.165, 1.54) is 6.07 Å². The molecule has 0 aliphatic carbocycles. The van der Waals surface area contributed by atoms with Gasteiger partial charge < -0.3 is 15.7 Å². The minimum absolute atomic E-state index is 0.0338. The lowest BCUT2D eigenvalue weighted by molar-refractivity contribution is -0.120. The maximum Gasteiger partial charge on any atom is 0.228 e. The first-order valence-corrected chi connectivity index (χ1v) is 6.04. The lowest BCUT2D eigenvalue weighted by Crippen LogP contribution is -2.37. The molecule has 1 saturated heterocycles. The van der Waals surface area contributed by atoms with Crippen LogP contribution in [0, 0.1) is 5.92 Å². The molecule has 1 unspecified atom stereocenters. The molecule has 2 rings (SSSR count). The van der Waals surface area contributed by atoms with E-state index in [4.69, 9.17) is 11.6 Å². The third-order valence-electron chi connectivity index (χ3n) is 2.88. The summed E-state index contributed by atoms with van der Waals surface area (Å²) in [5, 5.41) is 16.0.